The third kappa shape index (κ3) is 4.92. The van der Waals surface area contributed by atoms with E-state index in [-0.39, 0.29) is 23.6 Å². The molecule has 1 heterocycles. The van der Waals surface area contributed by atoms with Crippen LogP contribution in [0.3, 0.4) is 0 Å². The van der Waals surface area contributed by atoms with Crippen molar-refractivity contribution in [3.8, 4) is 5.75 Å². The Hall–Kier alpha value is -3.37. The first-order chi connectivity index (χ1) is 13.4. The highest BCUT2D eigenvalue weighted by Crippen LogP contribution is 2.40. The van der Waals surface area contributed by atoms with Gasteiger partial charge in [-0.1, -0.05) is 12.1 Å². The number of hydrogen-bond acceptors (Lipinski definition) is 4. The normalized spacial score (nSPS) is 12.2. The summed E-state index contributed by atoms with van der Waals surface area (Å²) in [5, 5.41) is 12.1. The Morgan fingerprint density at radius 3 is 2.38 bits per heavy atom. The van der Waals surface area contributed by atoms with Gasteiger partial charge in [0.05, 0.1) is 5.56 Å². The summed E-state index contributed by atoms with van der Waals surface area (Å²) < 4.78 is 84.7. The number of alkyl halides is 6. The molecule has 29 heavy (non-hydrogen) atoms. The zero-order chi connectivity index (χ0) is 21.4. The molecule has 5 nitrogen and oxygen atoms in total. The predicted molar refractivity (Wildman–Crippen MR) is 88.6 cm³/mol. The first-order valence-corrected chi connectivity index (χ1v) is 7.89. The number of fused-ring (bicyclic) bond motifs is 1. The van der Waals surface area contributed by atoms with Gasteiger partial charge >= 0.3 is 18.5 Å². The van der Waals surface area contributed by atoms with E-state index in [1.165, 1.54) is 12.1 Å². The molecule has 3 aromatic rings. The maximum atomic E-state index is 13.1. The molecule has 154 valence electrons. The standard InChI is InChI=1S/C18H11F6NO4/c19-17(20,21)12-7-11(3-4-13(12)29-18(22,23)24)25-8-9-1-2-10-6-15(16(26)27)28-14(10)5-9/h1-7,25H,8H2,(H,26,27). The molecule has 0 bridgehead atoms. The van der Waals surface area contributed by atoms with Crippen LogP contribution in [0.2, 0.25) is 0 Å². The van der Waals surface area contributed by atoms with Crippen molar-refractivity contribution in [2.45, 2.75) is 19.1 Å². The molecule has 0 aliphatic rings. The molecule has 0 saturated heterocycles. The molecule has 0 spiro atoms. The van der Waals surface area contributed by atoms with Gasteiger partial charge in [-0.25, -0.2) is 4.79 Å². The number of rotatable bonds is 5. The number of carboxylic acid groups (broad SMARTS) is 1. The minimum absolute atomic E-state index is 0.00974. The van der Waals surface area contributed by atoms with Gasteiger partial charge in [0.1, 0.15) is 11.3 Å². The summed E-state index contributed by atoms with van der Waals surface area (Å²) in [5.41, 5.74) is -0.843. The fourth-order valence-electron chi connectivity index (χ4n) is 2.57. The van der Waals surface area contributed by atoms with E-state index in [4.69, 9.17) is 9.52 Å². The van der Waals surface area contributed by atoms with Gasteiger partial charge < -0.3 is 19.6 Å². The van der Waals surface area contributed by atoms with Crippen LogP contribution >= 0.6 is 0 Å². The Balaban J connectivity index is 1.81. The Morgan fingerprint density at radius 1 is 1.03 bits per heavy atom. The molecular formula is C18H11F6NO4. The molecule has 0 aliphatic carbocycles. The second-order valence-electron chi connectivity index (χ2n) is 5.90. The van der Waals surface area contributed by atoms with Gasteiger partial charge in [-0.3, -0.25) is 0 Å². The van der Waals surface area contributed by atoms with Crippen LogP contribution in [-0.4, -0.2) is 17.4 Å². The minimum atomic E-state index is -5.26. The highest BCUT2D eigenvalue weighted by atomic mass is 19.4. The molecule has 11 heteroatoms. The van der Waals surface area contributed by atoms with Crippen LogP contribution in [0.25, 0.3) is 11.0 Å². The van der Waals surface area contributed by atoms with E-state index < -0.39 is 29.8 Å². The van der Waals surface area contributed by atoms with E-state index in [9.17, 15) is 31.1 Å². The van der Waals surface area contributed by atoms with Crippen LogP contribution in [0.1, 0.15) is 21.7 Å². The molecule has 2 aromatic carbocycles. The van der Waals surface area contributed by atoms with Crippen LogP contribution in [0.4, 0.5) is 32.0 Å². The van der Waals surface area contributed by atoms with E-state index in [1.54, 1.807) is 12.1 Å². The number of furan rings is 1. The lowest BCUT2D eigenvalue weighted by molar-refractivity contribution is -0.276. The largest absolute Gasteiger partial charge is 0.573 e. The Bertz CT molecular complexity index is 1050. The summed E-state index contributed by atoms with van der Waals surface area (Å²) in [6.45, 7) is 0.00974. The lowest BCUT2D eigenvalue weighted by atomic mass is 10.1. The highest BCUT2D eigenvalue weighted by molar-refractivity contribution is 5.91. The fraction of sp³-hybridized carbons (Fsp3) is 0.167. The van der Waals surface area contributed by atoms with Crippen molar-refractivity contribution in [2.75, 3.05) is 5.32 Å². The number of carboxylic acids is 1. The molecule has 0 amide bonds. The van der Waals surface area contributed by atoms with Gasteiger partial charge in [0.2, 0.25) is 5.76 Å². The van der Waals surface area contributed by atoms with Gasteiger partial charge in [-0.2, -0.15) is 13.2 Å². The molecule has 0 radical (unpaired) electrons. The molecule has 0 aliphatic heterocycles. The monoisotopic (exact) mass is 419 g/mol. The summed E-state index contributed by atoms with van der Waals surface area (Å²) in [7, 11) is 0. The van der Waals surface area contributed by atoms with Crippen molar-refractivity contribution in [1.29, 1.82) is 0 Å². The Morgan fingerprint density at radius 2 is 1.76 bits per heavy atom. The quantitative estimate of drug-likeness (QED) is 0.522. The van der Waals surface area contributed by atoms with Gasteiger partial charge in [-0.15, -0.1) is 13.2 Å². The lowest BCUT2D eigenvalue weighted by Gasteiger charge is -2.17. The Labute approximate surface area is 158 Å². The van der Waals surface area contributed by atoms with Gasteiger partial charge in [0, 0.05) is 17.6 Å². The van der Waals surface area contributed by atoms with Crippen LogP contribution in [0, 0.1) is 0 Å². The average Bonchev–Trinajstić information content (AvgIpc) is 3.02. The average molecular weight is 419 g/mol. The number of carbonyl (C=O) groups is 1. The van der Waals surface area contributed by atoms with E-state index >= 15 is 0 Å². The maximum Gasteiger partial charge on any atom is 0.573 e. The second kappa shape index (κ2) is 7.22. The van der Waals surface area contributed by atoms with Gasteiger partial charge in [0.25, 0.3) is 0 Å². The molecule has 0 saturated carbocycles. The third-order valence-electron chi connectivity index (χ3n) is 3.80. The number of anilines is 1. The van der Waals surface area contributed by atoms with Crippen molar-refractivity contribution in [3.63, 3.8) is 0 Å². The van der Waals surface area contributed by atoms with Crippen molar-refractivity contribution in [3.05, 3.63) is 59.4 Å². The molecule has 2 N–H and O–H groups in total. The lowest BCUT2D eigenvalue weighted by Crippen LogP contribution is -2.20. The molecule has 0 atom stereocenters. The molecule has 1 aromatic heterocycles. The Kier molecular flexibility index (Phi) is 5.07. The number of hydrogen-bond donors (Lipinski definition) is 2. The molecule has 3 rings (SSSR count). The molecule has 0 unspecified atom stereocenters. The molecule has 0 fully saturated rings. The van der Waals surface area contributed by atoms with E-state index in [0.717, 1.165) is 6.07 Å². The second-order valence-corrected chi connectivity index (χ2v) is 5.90. The highest BCUT2D eigenvalue weighted by Gasteiger charge is 2.39. The zero-order valence-electron chi connectivity index (χ0n) is 14.2. The number of ether oxygens (including phenoxy) is 1. The van der Waals surface area contributed by atoms with Gasteiger partial charge in [-0.05, 0) is 35.9 Å². The topological polar surface area (TPSA) is 71.7 Å². The van der Waals surface area contributed by atoms with E-state index in [1.807, 2.05) is 0 Å². The van der Waals surface area contributed by atoms with Crippen molar-refractivity contribution in [2.24, 2.45) is 0 Å². The predicted octanol–water partition coefficient (Wildman–Crippen LogP) is 5.66. The SMILES string of the molecule is O=C(O)c1cc2ccc(CNc3ccc(OC(F)(F)F)c(C(F)(F)F)c3)cc2o1. The third-order valence-corrected chi connectivity index (χ3v) is 3.80. The van der Waals surface area contributed by atoms with Crippen LogP contribution in [0.15, 0.2) is 46.9 Å². The van der Waals surface area contributed by atoms with Crippen LogP contribution in [-0.2, 0) is 12.7 Å². The van der Waals surface area contributed by atoms with E-state index in [0.29, 0.717) is 23.1 Å². The minimum Gasteiger partial charge on any atom is -0.475 e. The first kappa shape index (κ1) is 20.4. The summed E-state index contributed by atoms with van der Waals surface area (Å²) in [5.74, 6) is -2.87. The van der Waals surface area contributed by atoms with Crippen molar-refractivity contribution in [1.82, 2.24) is 0 Å². The molecular weight excluding hydrogens is 408 g/mol. The first-order valence-electron chi connectivity index (χ1n) is 7.89. The summed E-state index contributed by atoms with van der Waals surface area (Å²) in [6, 6.07) is 8.10. The number of benzene rings is 2. The van der Waals surface area contributed by atoms with Crippen molar-refractivity contribution >= 4 is 22.6 Å². The summed E-state index contributed by atoms with van der Waals surface area (Å²) in [6.07, 6.45) is -10.3. The van der Waals surface area contributed by atoms with Crippen molar-refractivity contribution < 1.29 is 45.4 Å². The van der Waals surface area contributed by atoms with Gasteiger partial charge in [0.15, 0.2) is 0 Å². The maximum absolute atomic E-state index is 13.1. The number of aromatic carboxylic acids is 1. The smallest absolute Gasteiger partial charge is 0.475 e. The fourth-order valence-corrected chi connectivity index (χ4v) is 2.57. The zero-order valence-corrected chi connectivity index (χ0v) is 14.2. The number of nitrogens with one attached hydrogen (secondary N) is 1. The van der Waals surface area contributed by atoms with E-state index in [2.05, 4.69) is 10.1 Å². The summed E-state index contributed by atoms with van der Waals surface area (Å²) in [4.78, 5) is 10.9. The summed E-state index contributed by atoms with van der Waals surface area (Å²) >= 11 is 0. The number of halogens is 6. The van der Waals surface area contributed by atoms with Crippen LogP contribution in [0.5, 0.6) is 5.75 Å². The van der Waals surface area contributed by atoms with Crippen LogP contribution < -0.4 is 10.1 Å².